The van der Waals surface area contributed by atoms with Crippen molar-refractivity contribution in [1.29, 1.82) is 0 Å². The first-order valence-corrected chi connectivity index (χ1v) is 6.77. The van der Waals surface area contributed by atoms with Gasteiger partial charge in [0.25, 0.3) is 0 Å². The van der Waals surface area contributed by atoms with Crippen LogP contribution in [0.2, 0.25) is 0 Å². The molecule has 0 bridgehead atoms. The normalized spacial score (nSPS) is 11.1. The van der Waals surface area contributed by atoms with Gasteiger partial charge >= 0.3 is 5.97 Å². The number of hydrogen-bond donors (Lipinski definition) is 1. The van der Waals surface area contributed by atoms with Crippen LogP contribution in [0.4, 0.5) is 0 Å². The van der Waals surface area contributed by atoms with Gasteiger partial charge in [-0.1, -0.05) is 15.9 Å². The van der Waals surface area contributed by atoms with E-state index in [0.29, 0.717) is 17.4 Å². The van der Waals surface area contributed by atoms with Gasteiger partial charge in [-0.15, -0.1) is 0 Å². The molecule has 0 atom stereocenters. The number of halogens is 1. The molecule has 1 N–H and O–H groups in total. The quantitative estimate of drug-likeness (QED) is 0.783. The average Bonchev–Trinajstić information content (AvgIpc) is 3.01. The molecular formula is C14H10BrNO4. The lowest BCUT2D eigenvalue weighted by Gasteiger charge is -1.91. The van der Waals surface area contributed by atoms with Gasteiger partial charge < -0.3 is 13.9 Å². The molecule has 2 heterocycles. The molecule has 0 saturated heterocycles. The molecule has 0 fully saturated rings. The Balaban J connectivity index is 1.89. The number of benzene rings is 1. The minimum atomic E-state index is -0.877. The van der Waals surface area contributed by atoms with E-state index in [1.54, 1.807) is 6.20 Å². The molecule has 0 unspecified atom stereocenters. The number of carboxylic acids is 1. The van der Waals surface area contributed by atoms with Crippen LogP contribution in [-0.4, -0.2) is 16.1 Å². The van der Waals surface area contributed by atoms with Crippen molar-refractivity contribution in [2.24, 2.45) is 0 Å². The first-order valence-electron chi connectivity index (χ1n) is 5.98. The van der Waals surface area contributed by atoms with E-state index in [0.717, 1.165) is 15.4 Å². The third-order valence-corrected chi connectivity index (χ3v) is 3.32. The van der Waals surface area contributed by atoms with Crippen LogP contribution in [0.25, 0.3) is 22.5 Å². The highest BCUT2D eigenvalue weighted by Gasteiger charge is 2.12. The Morgan fingerprint density at radius 2 is 2.10 bits per heavy atom. The summed E-state index contributed by atoms with van der Waals surface area (Å²) < 4.78 is 12.1. The molecule has 3 aromatic rings. The summed E-state index contributed by atoms with van der Waals surface area (Å²) in [5, 5.41) is 9.58. The zero-order valence-corrected chi connectivity index (χ0v) is 11.9. The number of hydrogen-bond acceptors (Lipinski definition) is 4. The van der Waals surface area contributed by atoms with E-state index < -0.39 is 5.97 Å². The number of carboxylic acid groups (broad SMARTS) is 1. The number of rotatable bonds is 4. The maximum absolute atomic E-state index is 10.5. The van der Waals surface area contributed by atoms with Crippen molar-refractivity contribution < 1.29 is 18.7 Å². The van der Waals surface area contributed by atoms with E-state index in [-0.39, 0.29) is 12.8 Å². The number of oxazole rings is 1. The Kier molecular flexibility index (Phi) is 3.31. The summed E-state index contributed by atoms with van der Waals surface area (Å²) in [6, 6.07) is 7.57. The third kappa shape index (κ3) is 2.60. The predicted molar refractivity (Wildman–Crippen MR) is 75.4 cm³/mol. The summed E-state index contributed by atoms with van der Waals surface area (Å²) in [6.07, 6.45) is 1.80. The Hall–Kier alpha value is -2.08. The number of furan rings is 1. The Bertz CT molecular complexity index is 774. The van der Waals surface area contributed by atoms with Gasteiger partial charge in [0.1, 0.15) is 5.58 Å². The van der Waals surface area contributed by atoms with Crippen LogP contribution in [0.1, 0.15) is 12.3 Å². The average molecular weight is 336 g/mol. The number of nitrogens with zero attached hydrogens (tertiary/aromatic N) is 1. The summed E-state index contributed by atoms with van der Waals surface area (Å²) in [6.45, 7) is 0. The summed E-state index contributed by atoms with van der Waals surface area (Å²) in [5.74, 6) is 0.590. The Morgan fingerprint density at radius 1 is 1.25 bits per heavy atom. The van der Waals surface area contributed by atoms with E-state index >= 15 is 0 Å². The maximum atomic E-state index is 10.5. The monoisotopic (exact) mass is 335 g/mol. The first kappa shape index (κ1) is 12.9. The van der Waals surface area contributed by atoms with Gasteiger partial charge in [-0.2, -0.15) is 0 Å². The minimum absolute atomic E-state index is 0.00691. The molecule has 0 amide bonds. The number of aryl methyl sites for hydroxylation is 1. The van der Waals surface area contributed by atoms with Crippen LogP contribution in [0.15, 0.2) is 43.8 Å². The largest absolute Gasteiger partial charge is 0.481 e. The topological polar surface area (TPSA) is 76.5 Å². The summed E-state index contributed by atoms with van der Waals surface area (Å²) in [4.78, 5) is 14.6. The molecule has 0 spiro atoms. The number of aromatic nitrogens is 1. The molecule has 0 aliphatic rings. The zero-order chi connectivity index (χ0) is 14.1. The zero-order valence-electron chi connectivity index (χ0n) is 10.3. The van der Waals surface area contributed by atoms with Crippen LogP contribution in [0, 0.1) is 0 Å². The van der Waals surface area contributed by atoms with Gasteiger partial charge in [-0.25, -0.2) is 4.98 Å². The summed E-state index contributed by atoms with van der Waals surface area (Å²) in [5.41, 5.74) is 0.756. The van der Waals surface area contributed by atoms with Crippen LogP contribution in [0.3, 0.4) is 0 Å². The lowest BCUT2D eigenvalue weighted by molar-refractivity contribution is -0.137. The van der Waals surface area contributed by atoms with E-state index in [2.05, 4.69) is 20.9 Å². The summed E-state index contributed by atoms with van der Waals surface area (Å²) >= 11 is 3.40. The molecule has 0 saturated carbocycles. The molecule has 20 heavy (non-hydrogen) atoms. The SMILES string of the molecule is O=C(O)CCc1ncc(-c2cc3cc(Br)ccc3o2)o1. The number of fused-ring (bicyclic) bond motifs is 1. The second kappa shape index (κ2) is 5.13. The molecule has 0 radical (unpaired) electrons. The van der Waals surface area contributed by atoms with Crippen molar-refractivity contribution in [3.8, 4) is 11.5 Å². The molecule has 3 rings (SSSR count). The molecule has 1 aromatic carbocycles. The Morgan fingerprint density at radius 3 is 2.90 bits per heavy atom. The fourth-order valence-corrected chi connectivity index (χ4v) is 2.27. The lowest BCUT2D eigenvalue weighted by Crippen LogP contribution is -1.97. The molecule has 0 aliphatic carbocycles. The van der Waals surface area contributed by atoms with Gasteiger partial charge in [-0.05, 0) is 24.3 Å². The highest BCUT2D eigenvalue weighted by Crippen LogP contribution is 2.30. The van der Waals surface area contributed by atoms with Crippen molar-refractivity contribution in [3.63, 3.8) is 0 Å². The van der Waals surface area contributed by atoms with E-state index in [1.165, 1.54) is 0 Å². The minimum Gasteiger partial charge on any atom is -0.481 e. The molecule has 5 nitrogen and oxygen atoms in total. The van der Waals surface area contributed by atoms with Crippen molar-refractivity contribution in [2.75, 3.05) is 0 Å². The van der Waals surface area contributed by atoms with Crippen LogP contribution >= 0.6 is 15.9 Å². The third-order valence-electron chi connectivity index (χ3n) is 2.83. The smallest absolute Gasteiger partial charge is 0.303 e. The van der Waals surface area contributed by atoms with Gasteiger partial charge in [0, 0.05) is 16.3 Å². The van der Waals surface area contributed by atoms with Crippen LogP contribution in [-0.2, 0) is 11.2 Å². The highest BCUT2D eigenvalue weighted by molar-refractivity contribution is 9.10. The Labute approximate surface area is 122 Å². The molecular weight excluding hydrogens is 326 g/mol. The summed E-state index contributed by atoms with van der Waals surface area (Å²) in [7, 11) is 0. The fourth-order valence-electron chi connectivity index (χ4n) is 1.89. The number of carbonyl (C=O) groups is 1. The van der Waals surface area contributed by atoms with Gasteiger partial charge in [0.15, 0.2) is 17.4 Å². The standard InChI is InChI=1S/C14H10BrNO4/c15-9-1-2-10-8(5-9)6-11(19-10)12-7-16-13(20-12)3-4-14(17)18/h1-2,5-7H,3-4H2,(H,17,18). The molecule has 0 aliphatic heterocycles. The van der Waals surface area contributed by atoms with Gasteiger partial charge in [0.2, 0.25) is 0 Å². The second-order valence-electron chi connectivity index (χ2n) is 4.30. The van der Waals surface area contributed by atoms with Gasteiger partial charge in [0.05, 0.1) is 12.6 Å². The highest BCUT2D eigenvalue weighted by atomic mass is 79.9. The van der Waals surface area contributed by atoms with E-state index in [9.17, 15) is 4.79 Å². The van der Waals surface area contributed by atoms with Crippen LogP contribution < -0.4 is 0 Å². The van der Waals surface area contributed by atoms with Crippen LogP contribution in [0.5, 0.6) is 0 Å². The molecule has 102 valence electrons. The lowest BCUT2D eigenvalue weighted by atomic mass is 10.2. The van der Waals surface area contributed by atoms with Crippen molar-refractivity contribution in [2.45, 2.75) is 12.8 Å². The molecule has 6 heteroatoms. The van der Waals surface area contributed by atoms with Gasteiger partial charge in [-0.3, -0.25) is 4.79 Å². The van der Waals surface area contributed by atoms with E-state index in [1.807, 2.05) is 24.3 Å². The molecule has 2 aromatic heterocycles. The predicted octanol–water partition coefficient (Wildman–Crippen LogP) is 3.87. The van der Waals surface area contributed by atoms with Crippen molar-refractivity contribution in [1.82, 2.24) is 4.98 Å². The number of aliphatic carboxylic acids is 1. The van der Waals surface area contributed by atoms with E-state index in [4.69, 9.17) is 13.9 Å². The second-order valence-corrected chi connectivity index (χ2v) is 5.22. The fraction of sp³-hybridized carbons (Fsp3) is 0.143. The maximum Gasteiger partial charge on any atom is 0.303 e. The van der Waals surface area contributed by atoms with Crippen molar-refractivity contribution >= 4 is 32.9 Å². The van der Waals surface area contributed by atoms with Crippen molar-refractivity contribution in [3.05, 3.63) is 40.8 Å². The first-order chi connectivity index (χ1) is 9.61.